The van der Waals surface area contributed by atoms with E-state index in [0.29, 0.717) is 0 Å². The second kappa shape index (κ2) is 6.82. The minimum absolute atomic E-state index is 0.0260. The van der Waals surface area contributed by atoms with Crippen molar-refractivity contribution in [2.75, 3.05) is 6.54 Å². The quantitative estimate of drug-likeness (QED) is 0.617. The van der Waals surface area contributed by atoms with Gasteiger partial charge in [0, 0.05) is 19.4 Å². The first-order valence-corrected chi connectivity index (χ1v) is 8.46. The van der Waals surface area contributed by atoms with Gasteiger partial charge in [-0.1, -0.05) is 55.7 Å². The summed E-state index contributed by atoms with van der Waals surface area (Å²) in [4.78, 5) is 14.5. The molecule has 1 heterocycles. The highest BCUT2D eigenvalue weighted by Crippen LogP contribution is 2.38. The molecule has 0 saturated carbocycles. The van der Waals surface area contributed by atoms with Crippen LogP contribution in [0.4, 0.5) is 4.79 Å². The fourth-order valence-corrected chi connectivity index (χ4v) is 3.31. The number of hydrogen-bond donors (Lipinski definition) is 0. The fourth-order valence-electron chi connectivity index (χ4n) is 3.31. The molecule has 1 aromatic rings. The molecule has 0 bridgehead atoms. The van der Waals surface area contributed by atoms with Crippen molar-refractivity contribution >= 4 is 19.4 Å². The van der Waals surface area contributed by atoms with Crippen molar-refractivity contribution in [3.63, 3.8) is 0 Å². The lowest BCUT2D eigenvalue weighted by Gasteiger charge is -2.45. The molecule has 1 aromatic carbocycles. The first-order chi connectivity index (χ1) is 10.7. The molecule has 0 radical (unpaired) electrons. The average Bonchev–Trinajstić information content (AvgIpc) is 2.46. The van der Waals surface area contributed by atoms with Gasteiger partial charge in [0.25, 0.3) is 0 Å². The molecule has 1 aliphatic heterocycles. The summed E-state index contributed by atoms with van der Waals surface area (Å²) >= 11 is 0. The van der Waals surface area contributed by atoms with Crippen LogP contribution in [0.15, 0.2) is 36.4 Å². The molecule has 0 N–H and O–H groups in total. The summed E-state index contributed by atoms with van der Waals surface area (Å²) in [6.07, 6.45) is 1.38. The highest BCUT2D eigenvalue weighted by atomic mass is 16.6. The Morgan fingerprint density at radius 1 is 1.35 bits per heavy atom. The van der Waals surface area contributed by atoms with E-state index in [-0.39, 0.29) is 18.1 Å². The zero-order chi connectivity index (χ0) is 17.2. The lowest BCUT2D eigenvalue weighted by Crippen LogP contribution is -2.52. The van der Waals surface area contributed by atoms with Crippen LogP contribution in [0.5, 0.6) is 0 Å². The van der Waals surface area contributed by atoms with Crippen molar-refractivity contribution in [3.05, 3.63) is 42.0 Å². The molecule has 2 atom stereocenters. The van der Waals surface area contributed by atoms with Crippen LogP contribution in [0.1, 0.15) is 52.1 Å². The van der Waals surface area contributed by atoms with Gasteiger partial charge in [-0.15, -0.1) is 0 Å². The zero-order valence-electron chi connectivity index (χ0n) is 15.1. The molecule has 0 aromatic heterocycles. The summed E-state index contributed by atoms with van der Waals surface area (Å²) in [6.45, 7) is 13.0. The van der Waals surface area contributed by atoms with Gasteiger partial charge in [-0.25, -0.2) is 4.79 Å². The number of benzene rings is 1. The summed E-state index contributed by atoms with van der Waals surface area (Å²) in [6, 6.07) is 8.37. The third kappa shape index (κ3) is 3.80. The standard InChI is InChI=1S/C19H28BNO2/c1-13(2)12-19(14(3)4)10-11-21(18(22)23-19)15(5)16-6-8-17(20)9-7-16/h6-9,14-15H,1,10-12,20H2,2-5H3/t15-,19-/m0/s1. The molecule has 3 nitrogen and oxygen atoms in total. The van der Waals surface area contributed by atoms with Gasteiger partial charge in [0.15, 0.2) is 0 Å². The number of carbonyl (C=O) groups excluding carboxylic acids is 1. The first-order valence-electron chi connectivity index (χ1n) is 8.46. The van der Waals surface area contributed by atoms with Crippen LogP contribution >= 0.6 is 0 Å². The van der Waals surface area contributed by atoms with Gasteiger partial charge >= 0.3 is 6.09 Å². The molecule has 1 fully saturated rings. The van der Waals surface area contributed by atoms with Crippen LogP contribution < -0.4 is 5.46 Å². The maximum Gasteiger partial charge on any atom is 0.410 e. The van der Waals surface area contributed by atoms with E-state index in [1.165, 1.54) is 5.46 Å². The SMILES string of the molecule is Bc1ccc([C@H](C)N2CC[C@](CC(=C)C)(C(C)C)OC2=O)cc1. The van der Waals surface area contributed by atoms with E-state index in [0.717, 1.165) is 30.5 Å². The number of amides is 1. The minimum Gasteiger partial charge on any atom is -0.442 e. The van der Waals surface area contributed by atoms with E-state index in [1.54, 1.807) is 0 Å². The van der Waals surface area contributed by atoms with Gasteiger partial charge in [0.1, 0.15) is 13.4 Å². The topological polar surface area (TPSA) is 29.5 Å². The van der Waals surface area contributed by atoms with Crippen LogP contribution in [-0.2, 0) is 4.74 Å². The fraction of sp³-hybridized carbons (Fsp3) is 0.526. The number of rotatable bonds is 5. The van der Waals surface area contributed by atoms with Crippen molar-refractivity contribution in [2.24, 2.45) is 5.92 Å². The Morgan fingerprint density at radius 2 is 1.96 bits per heavy atom. The molecule has 23 heavy (non-hydrogen) atoms. The number of cyclic esters (lactones) is 1. The van der Waals surface area contributed by atoms with Crippen LogP contribution in [0.2, 0.25) is 0 Å². The molecule has 1 aliphatic rings. The predicted octanol–water partition coefficient (Wildman–Crippen LogP) is 3.21. The summed E-state index contributed by atoms with van der Waals surface area (Å²) in [5.74, 6) is 0.278. The van der Waals surface area contributed by atoms with E-state index in [1.807, 2.05) is 11.8 Å². The summed E-state index contributed by atoms with van der Waals surface area (Å²) in [7, 11) is 2.07. The van der Waals surface area contributed by atoms with Crippen LogP contribution in [0.25, 0.3) is 0 Å². The van der Waals surface area contributed by atoms with Gasteiger partial charge in [0.05, 0.1) is 6.04 Å². The largest absolute Gasteiger partial charge is 0.442 e. The summed E-state index contributed by atoms with van der Waals surface area (Å²) < 4.78 is 5.95. The normalized spacial score (nSPS) is 22.8. The predicted molar refractivity (Wildman–Crippen MR) is 97.8 cm³/mol. The van der Waals surface area contributed by atoms with Gasteiger partial charge in [-0.3, -0.25) is 0 Å². The highest BCUT2D eigenvalue weighted by molar-refractivity contribution is 6.32. The molecule has 0 spiro atoms. The number of carbonyl (C=O) groups is 1. The maximum atomic E-state index is 12.7. The lowest BCUT2D eigenvalue weighted by molar-refractivity contribution is -0.0819. The number of hydrogen-bond acceptors (Lipinski definition) is 2. The van der Waals surface area contributed by atoms with Crippen LogP contribution in [0, 0.1) is 5.92 Å². The van der Waals surface area contributed by atoms with Crippen molar-refractivity contribution < 1.29 is 9.53 Å². The van der Waals surface area contributed by atoms with Gasteiger partial charge in [0.2, 0.25) is 0 Å². The van der Waals surface area contributed by atoms with E-state index in [4.69, 9.17) is 4.74 Å². The Balaban J connectivity index is 2.15. The van der Waals surface area contributed by atoms with Crippen molar-refractivity contribution in [1.82, 2.24) is 4.90 Å². The number of nitrogens with zero attached hydrogens (tertiary/aromatic N) is 1. The third-order valence-electron chi connectivity index (χ3n) is 4.98. The van der Waals surface area contributed by atoms with Crippen LogP contribution in [0.3, 0.4) is 0 Å². The minimum atomic E-state index is -0.410. The van der Waals surface area contributed by atoms with E-state index in [2.05, 4.69) is 59.5 Å². The van der Waals surface area contributed by atoms with E-state index < -0.39 is 5.60 Å². The molecular weight excluding hydrogens is 285 g/mol. The Kier molecular flexibility index (Phi) is 5.23. The molecule has 1 saturated heterocycles. The van der Waals surface area contributed by atoms with Crippen molar-refractivity contribution in [3.8, 4) is 0 Å². The second-order valence-electron chi connectivity index (χ2n) is 7.25. The summed E-state index contributed by atoms with van der Waals surface area (Å²) in [5.41, 5.74) is 3.02. The Hall–Kier alpha value is -1.71. The molecule has 124 valence electrons. The zero-order valence-corrected chi connectivity index (χ0v) is 15.1. The monoisotopic (exact) mass is 313 g/mol. The van der Waals surface area contributed by atoms with E-state index in [9.17, 15) is 4.79 Å². The van der Waals surface area contributed by atoms with Gasteiger partial charge in [-0.2, -0.15) is 0 Å². The Bertz CT molecular complexity index is 582. The third-order valence-corrected chi connectivity index (χ3v) is 4.98. The molecule has 0 unspecified atom stereocenters. The summed E-state index contributed by atoms with van der Waals surface area (Å²) in [5, 5.41) is 0. The molecule has 0 aliphatic carbocycles. The maximum absolute atomic E-state index is 12.7. The van der Waals surface area contributed by atoms with E-state index >= 15 is 0 Å². The molecule has 2 rings (SSSR count). The Labute approximate surface area is 141 Å². The molecule has 1 amide bonds. The average molecular weight is 313 g/mol. The lowest BCUT2D eigenvalue weighted by atomic mass is 9.80. The van der Waals surface area contributed by atoms with Gasteiger partial charge < -0.3 is 9.64 Å². The smallest absolute Gasteiger partial charge is 0.410 e. The molecular formula is C19H28BNO2. The number of ether oxygens (including phenoxy) is 1. The van der Waals surface area contributed by atoms with Crippen molar-refractivity contribution in [2.45, 2.75) is 52.2 Å². The second-order valence-corrected chi connectivity index (χ2v) is 7.25. The Morgan fingerprint density at radius 3 is 2.43 bits per heavy atom. The van der Waals surface area contributed by atoms with Crippen molar-refractivity contribution in [1.29, 1.82) is 0 Å². The molecule has 4 heteroatoms. The first kappa shape index (κ1) is 17.6. The van der Waals surface area contributed by atoms with Gasteiger partial charge in [-0.05, 0) is 25.3 Å². The van der Waals surface area contributed by atoms with Crippen LogP contribution in [-0.4, -0.2) is 31.0 Å². The highest BCUT2D eigenvalue weighted by Gasteiger charge is 2.44.